The van der Waals surface area contributed by atoms with Crippen LogP contribution in [0.25, 0.3) is 0 Å². The molecule has 1 fully saturated rings. The molecule has 0 radical (unpaired) electrons. The zero-order valence-corrected chi connectivity index (χ0v) is 14.6. The van der Waals surface area contributed by atoms with Gasteiger partial charge in [-0.25, -0.2) is 0 Å². The molecule has 1 nitrogen and oxygen atoms in total. The van der Waals surface area contributed by atoms with Crippen molar-refractivity contribution in [1.82, 2.24) is 5.32 Å². The lowest BCUT2D eigenvalue weighted by atomic mass is 9.75. The molecule has 116 valence electrons. The summed E-state index contributed by atoms with van der Waals surface area (Å²) >= 11 is 6.23. The number of hydrogen-bond acceptors (Lipinski definition) is 1. The second kappa shape index (κ2) is 5.28. The Morgan fingerprint density at radius 2 is 1.76 bits per heavy atom. The molecular weight excluding hydrogens is 278 g/mol. The van der Waals surface area contributed by atoms with Crippen molar-refractivity contribution in [3.63, 3.8) is 0 Å². The molecule has 1 aromatic rings. The van der Waals surface area contributed by atoms with E-state index in [1.807, 2.05) is 6.07 Å². The number of hydrogen-bond donors (Lipinski definition) is 1. The van der Waals surface area contributed by atoms with Gasteiger partial charge in [-0.05, 0) is 66.2 Å². The van der Waals surface area contributed by atoms with E-state index >= 15 is 0 Å². The Kier molecular flexibility index (Phi) is 3.86. The molecule has 2 aliphatic rings. The van der Waals surface area contributed by atoms with Gasteiger partial charge in [-0.1, -0.05) is 45.4 Å². The molecule has 1 atom stereocenters. The summed E-state index contributed by atoms with van der Waals surface area (Å²) in [6.07, 6.45) is 6.42. The van der Waals surface area contributed by atoms with Crippen LogP contribution in [0.4, 0.5) is 0 Å². The van der Waals surface area contributed by atoms with E-state index in [-0.39, 0.29) is 5.41 Å². The smallest absolute Gasteiger partial charge is 0.0409 e. The fourth-order valence-corrected chi connectivity index (χ4v) is 4.31. The van der Waals surface area contributed by atoms with E-state index in [0.717, 1.165) is 11.4 Å². The lowest BCUT2D eigenvalue weighted by Gasteiger charge is -2.39. The topological polar surface area (TPSA) is 12.0 Å². The lowest BCUT2D eigenvalue weighted by molar-refractivity contribution is 0.170. The summed E-state index contributed by atoms with van der Waals surface area (Å²) in [5, 5.41) is 4.83. The third-order valence-corrected chi connectivity index (χ3v) is 5.82. The van der Waals surface area contributed by atoms with Crippen molar-refractivity contribution in [2.45, 2.75) is 71.9 Å². The first-order valence-corrected chi connectivity index (χ1v) is 8.69. The van der Waals surface area contributed by atoms with Gasteiger partial charge in [-0.3, -0.25) is 0 Å². The Hall–Kier alpha value is -0.530. The third-order valence-electron chi connectivity index (χ3n) is 5.59. The van der Waals surface area contributed by atoms with Gasteiger partial charge in [-0.15, -0.1) is 0 Å². The van der Waals surface area contributed by atoms with E-state index in [1.54, 1.807) is 0 Å². The maximum Gasteiger partial charge on any atom is 0.0409 e. The Labute approximate surface area is 134 Å². The van der Waals surface area contributed by atoms with Crippen molar-refractivity contribution < 1.29 is 0 Å². The van der Waals surface area contributed by atoms with Crippen LogP contribution in [0.1, 0.15) is 70.5 Å². The summed E-state index contributed by atoms with van der Waals surface area (Å²) in [5.41, 5.74) is 3.71. The highest BCUT2D eigenvalue weighted by Crippen LogP contribution is 2.47. The fourth-order valence-electron chi connectivity index (χ4n) is 4.13. The molecule has 1 unspecified atom stereocenters. The molecule has 0 aliphatic heterocycles. The second-order valence-electron chi connectivity index (χ2n) is 8.55. The standard InChI is InChI=1S/C19H28ClN/c1-18(2)9-7-15(8-10-18)21-17-16-11-14(20)6-5-13(16)12-19(17,3)4/h5-6,11,15,17,21H,7-10,12H2,1-4H3. The predicted octanol–water partition coefficient (Wildman–Crippen LogP) is 5.52. The molecule has 0 amide bonds. The highest BCUT2D eigenvalue weighted by Gasteiger charge is 2.40. The SMILES string of the molecule is CC1(C)CCC(NC2c3cc(Cl)ccc3CC2(C)C)CC1. The first-order chi connectivity index (χ1) is 9.77. The molecule has 1 N–H and O–H groups in total. The van der Waals surface area contributed by atoms with E-state index in [2.05, 4.69) is 45.1 Å². The maximum atomic E-state index is 6.23. The van der Waals surface area contributed by atoms with Crippen molar-refractivity contribution >= 4 is 11.6 Å². The minimum Gasteiger partial charge on any atom is -0.307 e. The van der Waals surface area contributed by atoms with Gasteiger partial charge in [0.05, 0.1) is 0 Å². The largest absolute Gasteiger partial charge is 0.307 e. The molecule has 21 heavy (non-hydrogen) atoms. The molecule has 0 bridgehead atoms. The highest BCUT2D eigenvalue weighted by atomic mass is 35.5. The molecule has 2 aliphatic carbocycles. The third kappa shape index (κ3) is 3.14. The summed E-state index contributed by atoms with van der Waals surface area (Å²) in [6.45, 7) is 9.56. The van der Waals surface area contributed by atoms with Gasteiger partial charge in [0.1, 0.15) is 0 Å². The first-order valence-electron chi connectivity index (χ1n) is 8.31. The van der Waals surface area contributed by atoms with Gasteiger partial charge in [-0.2, -0.15) is 0 Å². The van der Waals surface area contributed by atoms with E-state index in [9.17, 15) is 0 Å². The van der Waals surface area contributed by atoms with Crippen LogP contribution in [-0.2, 0) is 6.42 Å². The average molecular weight is 306 g/mol. The number of rotatable bonds is 2. The average Bonchev–Trinajstić information content (AvgIpc) is 2.63. The normalized spacial score (nSPS) is 27.6. The summed E-state index contributed by atoms with van der Waals surface area (Å²) < 4.78 is 0. The molecule has 0 spiro atoms. The highest BCUT2D eigenvalue weighted by molar-refractivity contribution is 6.30. The van der Waals surface area contributed by atoms with Crippen LogP contribution in [0, 0.1) is 10.8 Å². The number of benzene rings is 1. The minimum atomic E-state index is 0.278. The molecule has 3 rings (SSSR count). The van der Waals surface area contributed by atoms with Gasteiger partial charge in [0.25, 0.3) is 0 Å². The van der Waals surface area contributed by atoms with Crippen molar-refractivity contribution in [3.05, 3.63) is 34.3 Å². The monoisotopic (exact) mass is 305 g/mol. The molecule has 1 saturated carbocycles. The summed E-state index contributed by atoms with van der Waals surface area (Å²) in [4.78, 5) is 0. The molecule has 0 aromatic heterocycles. The zero-order chi connectivity index (χ0) is 15.3. The van der Waals surface area contributed by atoms with Gasteiger partial charge >= 0.3 is 0 Å². The van der Waals surface area contributed by atoms with Crippen LogP contribution in [0.2, 0.25) is 5.02 Å². The Bertz CT molecular complexity index is 522. The van der Waals surface area contributed by atoms with Crippen LogP contribution in [0.5, 0.6) is 0 Å². The van der Waals surface area contributed by atoms with Crippen molar-refractivity contribution in [3.8, 4) is 0 Å². The lowest BCUT2D eigenvalue weighted by Crippen LogP contribution is -2.41. The summed E-state index contributed by atoms with van der Waals surface area (Å²) in [7, 11) is 0. The fraction of sp³-hybridized carbons (Fsp3) is 0.684. The minimum absolute atomic E-state index is 0.278. The molecule has 1 aromatic carbocycles. The Morgan fingerprint density at radius 1 is 1.10 bits per heavy atom. The molecular formula is C19H28ClN. The van der Waals surface area contributed by atoms with Gasteiger partial charge < -0.3 is 5.32 Å². The second-order valence-corrected chi connectivity index (χ2v) is 8.98. The maximum absolute atomic E-state index is 6.23. The molecule has 0 saturated heterocycles. The molecule has 2 heteroatoms. The quantitative estimate of drug-likeness (QED) is 0.758. The first kappa shape index (κ1) is 15.4. The van der Waals surface area contributed by atoms with E-state index in [0.29, 0.717) is 17.5 Å². The van der Waals surface area contributed by atoms with E-state index in [1.165, 1.54) is 36.8 Å². The van der Waals surface area contributed by atoms with Crippen LogP contribution in [-0.4, -0.2) is 6.04 Å². The number of fused-ring (bicyclic) bond motifs is 1. The van der Waals surface area contributed by atoms with Crippen molar-refractivity contribution in [2.24, 2.45) is 10.8 Å². The summed E-state index contributed by atoms with van der Waals surface area (Å²) in [5.74, 6) is 0. The van der Waals surface area contributed by atoms with Crippen molar-refractivity contribution in [2.75, 3.05) is 0 Å². The van der Waals surface area contributed by atoms with Gasteiger partial charge in [0.15, 0.2) is 0 Å². The van der Waals surface area contributed by atoms with E-state index < -0.39 is 0 Å². The van der Waals surface area contributed by atoms with Crippen molar-refractivity contribution in [1.29, 1.82) is 0 Å². The predicted molar refractivity (Wildman–Crippen MR) is 90.9 cm³/mol. The van der Waals surface area contributed by atoms with Gasteiger partial charge in [0.2, 0.25) is 0 Å². The van der Waals surface area contributed by atoms with E-state index in [4.69, 9.17) is 11.6 Å². The van der Waals surface area contributed by atoms with Crippen LogP contribution < -0.4 is 5.32 Å². The molecule has 0 heterocycles. The van der Waals surface area contributed by atoms with Crippen LogP contribution in [0.3, 0.4) is 0 Å². The van der Waals surface area contributed by atoms with Crippen LogP contribution >= 0.6 is 11.6 Å². The summed E-state index contributed by atoms with van der Waals surface area (Å²) in [6, 6.07) is 7.52. The van der Waals surface area contributed by atoms with Crippen LogP contribution in [0.15, 0.2) is 18.2 Å². The Morgan fingerprint density at radius 3 is 2.43 bits per heavy atom. The zero-order valence-electron chi connectivity index (χ0n) is 13.8. The number of halogens is 1. The van der Waals surface area contributed by atoms with Gasteiger partial charge in [0, 0.05) is 17.1 Å². The Balaban J connectivity index is 1.77. The number of nitrogens with one attached hydrogen (secondary N) is 1.